The minimum Gasteiger partial charge on any atom is -0.352 e. The molecule has 160 valence electrons. The normalized spacial score (nSPS) is 17.9. The van der Waals surface area contributed by atoms with E-state index in [0.717, 1.165) is 30.8 Å². The second kappa shape index (κ2) is 10.2. The van der Waals surface area contributed by atoms with Crippen LogP contribution in [0.5, 0.6) is 0 Å². The highest BCUT2D eigenvalue weighted by Gasteiger charge is 2.24. The molecule has 1 N–H and O–H groups in total. The number of amides is 2. The van der Waals surface area contributed by atoms with Gasteiger partial charge >= 0.3 is 0 Å². The van der Waals surface area contributed by atoms with Gasteiger partial charge < -0.3 is 5.32 Å². The van der Waals surface area contributed by atoms with Crippen LogP contribution in [0.3, 0.4) is 0 Å². The summed E-state index contributed by atoms with van der Waals surface area (Å²) in [7, 11) is 0. The summed E-state index contributed by atoms with van der Waals surface area (Å²) in [5, 5.41) is 5.56. The van der Waals surface area contributed by atoms with Crippen molar-refractivity contribution in [2.75, 3.05) is 24.5 Å². The van der Waals surface area contributed by atoms with E-state index in [0.29, 0.717) is 18.1 Å². The topological polar surface area (TPSA) is 65.5 Å². The first-order valence-corrected chi connectivity index (χ1v) is 11.9. The van der Waals surface area contributed by atoms with E-state index in [-0.39, 0.29) is 18.2 Å². The van der Waals surface area contributed by atoms with Crippen molar-refractivity contribution in [3.05, 3.63) is 46.5 Å². The molecule has 0 atom stereocenters. The van der Waals surface area contributed by atoms with Crippen LogP contribution in [-0.2, 0) is 29.1 Å². The minimum absolute atomic E-state index is 0.0479. The van der Waals surface area contributed by atoms with Crippen molar-refractivity contribution in [3.63, 3.8) is 0 Å². The molecular weight excluding hydrogens is 396 g/mol. The zero-order valence-electron chi connectivity index (χ0n) is 17.4. The molecule has 3 heterocycles. The number of hydrogen-bond acceptors (Lipinski definition) is 5. The number of nitrogens with zero attached hydrogens (tertiary/aromatic N) is 3. The molecule has 2 saturated heterocycles. The third kappa shape index (κ3) is 5.67. The van der Waals surface area contributed by atoms with E-state index in [1.807, 2.05) is 5.38 Å². The molecule has 7 heteroatoms. The number of likely N-dealkylation sites (tertiary alicyclic amines) is 1. The van der Waals surface area contributed by atoms with Gasteiger partial charge in [0.2, 0.25) is 11.8 Å². The van der Waals surface area contributed by atoms with Crippen LogP contribution in [0.15, 0.2) is 29.6 Å². The second-order valence-electron chi connectivity index (χ2n) is 8.23. The Morgan fingerprint density at radius 1 is 1.00 bits per heavy atom. The average Bonchev–Trinajstić information content (AvgIpc) is 3.29. The lowest BCUT2D eigenvalue weighted by molar-refractivity contribution is -0.120. The van der Waals surface area contributed by atoms with Crippen molar-refractivity contribution < 1.29 is 9.59 Å². The lowest BCUT2D eigenvalue weighted by Crippen LogP contribution is -2.25. The van der Waals surface area contributed by atoms with Gasteiger partial charge in [-0.05, 0) is 43.5 Å². The predicted octanol–water partition coefficient (Wildman–Crippen LogP) is 3.50. The fourth-order valence-corrected chi connectivity index (χ4v) is 4.96. The molecule has 2 amide bonds. The van der Waals surface area contributed by atoms with E-state index in [1.165, 1.54) is 55.7 Å². The van der Waals surface area contributed by atoms with Gasteiger partial charge in [-0.3, -0.25) is 19.4 Å². The number of benzene rings is 1. The van der Waals surface area contributed by atoms with Crippen molar-refractivity contribution in [2.45, 2.75) is 58.0 Å². The van der Waals surface area contributed by atoms with Gasteiger partial charge in [-0.2, -0.15) is 0 Å². The summed E-state index contributed by atoms with van der Waals surface area (Å²) >= 11 is 1.43. The molecule has 1 aromatic carbocycles. The average molecular weight is 427 g/mol. The van der Waals surface area contributed by atoms with Gasteiger partial charge in [-0.1, -0.05) is 37.1 Å². The standard InChI is InChI=1S/C23H30N4O2S/c28-21(14-20-17-30-23(25-20)27-13-5-6-22(27)29)24-15-18-7-9-19(10-8-18)16-26-11-3-1-2-4-12-26/h7-10,17H,1-6,11-16H2,(H,24,28). The molecule has 2 aliphatic heterocycles. The Bertz CT molecular complexity index is 856. The molecule has 0 unspecified atom stereocenters. The second-order valence-corrected chi connectivity index (χ2v) is 9.07. The molecule has 2 fully saturated rings. The van der Waals surface area contributed by atoms with E-state index in [4.69, 9.17) is 0 Å². The van der Waals surface area contributed by atoms with E-state index in [9.17, 15) is 9.59 Å². The molecule has 0 bridgehead atoms. The highest BCUT2D eigenvalue weighted by atomic mass is 32.1. The number of carbonyl (C=O) groups is 2. The van der Waals surface area contributed by atoms with Gasteiger partial charge in [0, 0.05) is 31.4 Å². The summed E-state index contributed by atoms with van der Waals surface area (Å²) in [6.45, 7) is 4.65. The van der Waals surface area contributed by atoms with Gasteiger partial charge in [-0.25, -0.2) is 4.98 Å². The summed E-state index contributed by atoms with van der Waals surface area (Å²) in [5.74, 6) is 0.0767. The molecule has 2 aromatic rings. The molecule has 6 nitrogen and oxygen atoms in total. The maximum Gasteiger partial charge on any atom is 0.228 e. The maximum atomic E-state index is 12.3. The first-order chi connectivity index (χ1) is 14.7. The molecular formula is C23H30N4O2S. The molecule has 1 aromatic heterocycles. The Morgan fingerprint density at radius 3 is 2.43 bits per heavy atom. The van der Waals surface area contributed by atoms with Crippen LogP contribution in [0.2, 0.25) is 0 Å². The number of nitrogens with one attached hydrogen (secondary N) is 1. The van der Waals surface area contributed by atoms with E-state index in [1.54, 1.807) is 4.90 Å². The molecule has 2 aliphatic rings. The maximum absolute atomic E-state index is 12.3. The summed E-state index contributed by atoms with van der Waals surface area (Å²) < 4.78 is 0. The van der Waals surface area contributed by atoms with Crippen LogP contribution in [-0.4, -0.2) is 41.3 Å². The number of hydrogen-bond donors (Lipinski definition) is 1. The first-order valence-electron chi connectivity index (χ1n) is 11.0. The summed E-state index contributed by atoms with van der Waals surface area (Å²) in [6, 6.07) is 8.55. The van der Waals surface area contributed by atoms with Gasteiger partial charge in [-0.15, -0.1) is 11.3 Å². The third-order valence-electron chi connectivity index (χ3n) is 5.80. The smallest absolute Gasteiger partial charge is 0.228 e. The SMILES string of the molecule is O=C(Cc1csc(N2CCCC2=O)n1)NCc1ccc(CN2CCCCCC2)cc1. The van der Waals surface area contributed by atoms with Crippen LogP contribution in [0.25, 0.3) is 0 Å². The van der Waals surface area contributed by atoms with Gasteiger partial charge in [0.05, 0.1) is 12.1 Å². The van der Waals surface area contributed by atoms with Crippen LogP contribution in [0.4, 0.5) is 5.13 Å². The number of anilines is 1. The summed E-state index contributed by atoms with van der Waals surface area (Å²) in [4.78, 5) is 32.9. The minimum atomic E-state index is -0.0479. The zero-order chi connectivity index (χ0) is 20.8. The molecule has 0 radical (unpaired) electrons. The Balaban J connectivity index is 1.23. The number of carbonyl (C=O) groups excluding carboxylic acids is 2. The first kappa shape index (κ1) is 21.0. The lowest BCUT2D eigenvalue weighted by Gasteiger charge is -2.19. The van der Waals surface area contributed by atoms with Crippen molar-refractivity contribution in [1.82, 2.24) is 15.2 Å². The third-order valence-corrected chi connectivity index (χ3v) is 6.72. The highest BCUT2D eigenvalue weighted by molar-refractivity contribution is 7.14. The molecule has 4 rings (SSSR count). The van der Waals surface area contributed by atoms with E-state index in [2.05, 4.69) is 39.5 Å². The lowest BCUT2D eigenvalue weighted by atomic mass is 10.1. The van der Waals surface area contributed by atoms with Crippen molar-refractivity contribution in [1.29, 1.82) is 0 Å². The monoisotopic (exact) mass is 426 g/mol. The quantitative estimate of drug-likeness (QED) is 0.736. The molecule has 0 aliphatic carbocycles. The molecule has 0 spiro atoms. The van der Waals surface area contributed by atoms with Gasteiger partial charge in [0.15, 0.2) is 5.13 Å². The van der Waals surface area contributed by atoms with Crippen molar-refractivity contribution in [3.8, 4) is 0 Å². The Hall–Kier alpha value is -2.25. The largest absolute Gasteiger partial charge is 0.352 e. The molecule has 0 saturated carbocycles. The summed E-state index contributed by atoms with van der Waals surface area (Å²) in [5.41, 5.74) is 3.16. The van der Waals surface area contributed by atoms with E-state index >= 15 is 0 Å². The van der Waals surface area contributed by atoms with Crippen LogP contribution < -0.4 is 10.2 Å². The molecule has 30 heavy (non-hydrogen) atoms. The van der Waals surface area contributed by atoms with Crippen LogP contribution >= 0.6 is 11.3 Å². The fourth-order valence-electron chi connectivity index (χ4n) is 4.09. The zero-order valence-corrected chi connectivity index (χ0v) is 18.3. The number of rotatable bonds is 7. The van der Waals surface area contributed by atoms with Crippen molar-refractivity contribution >= 4 is 28.3 Å². The van der Waals surface area contributed by atoms with Gasteiger partial charge in [0.1, 0.15) is 0 Å². The predicted molar refractivity (Wildman–Crippen MR) is 119 cm³/mol. The summed E-state index contributed by atoms with van der Waals surface area (Å²) in [6.07, 6.45) is 7.03. The Kier molecular flexibility index (Phi) is 7.12. The number of aromatic nitrogens is 1. The fraction of sp³-hybridized carbons (Fsp3) is 0.522. The van der Waals surface area contributed by atoms with E-state index < -0.39 is 0 Å². The Labute approximate surface area is 182 Å². The van der Waals surface area contributed by atoms with Crippen LogP contribution in [0, 0.1) is 0 Å². The van der Waals surface area contributed by atoms with Gasteiger partial charge in [0.25, 0.3) is 0 Å². The number of thiazole rings is 1. The highest BCUT2D eigenvalue weighted by Crippen LogP contribution is 2.25. The van der Waals surface area contributed by atoms with Crippen LogP contribution in [0.1, 0.15) is 55.3 Å². The van der Waals surface area contributed by atoms with Crippen molar-refractivity contribution in [2.24, 2.45) is 0 Å². The Morgan fingerprint density at radius 2 is 1.73 bits per heavy atom.